The third kappa shape index (κ3) is 3.88. The van der Waals surface area contributed by atoms with Crippen molar-refractivity contribution in [2.75, 3.05) is 45.2 Å². The van der Waals surface area contributed by atoms with Gasteiger partial charge in [-0.3, -0.25) is 0 Å². The molecule has 126 valence electrons. The predicted octanol–water partition coefficient (Wildman–Crippen LogP) is 1.49. The summed E-state index contributed by atoms with van der Waals surface area (Å²) in [6, 6.07) is 3.02. The van der Waals surface area contributed by atoms with Crippen molar-refractivity contribution in [2.24, 2.45) is 0 Å². The first-order valence-corrected chi connectivity index (χ1v) is 7.51. The maximum Gasteiger partial charge on any atom is 0.379 e. The normalized spacial score (nSPS) is 14.6. The summed E-state index contributed by atoms with van der Waals surface area (Å²) in [5.41, 5.74) is 0.829. The van der Waals surface area contributed by atoms with Crippen LogP contribution in [0, 0.1) is 0 Å². The minimum atomic E-state index is -1.02. The van der Waals surface area contributed by atoms with Crippen LogP contribution in [-0.2, 0) is 11.4 Å². The first-order valence-electron chi connectivity index (χ1n) is 7.51. The molecule has 8 heteroatoms. The number of carbonyl (C=O) groups is 2. The maximum atomic E-state index is 12.2. The van der Waals surface area contributed by atoms with Gasteiger partial charge in [0.05, 0.1) is 5.56 Å². The molecule has 2 rings (SSSR count). The van der Waals surface area contributed by atoms with E-state index in [1.807, 2.05) is 11.8 Å². The van der Waals surface area contributed by atoms with Crippen molar-refractivity contribution in [1.82, 2.24) is 14.8 Å². The van der Waals surface area contributed by atoms with Gasteiger partial charge in [-0.1, -0.05) is 6.92 Å². The third-order valence-electron chi connectivity index (χ3n) is 3.79. The lowest BCUT2D eigenvalue weighted by Crippen LogP contribution is -2.51. The molecule has 1 saturated heterocycles. The van der Waals surface area contributed by atoms with Crippen LogP contribution in [0.1, 0.15) is 23.0 Å². The molecule has 0 atom stereocenters. The molecule has 1 aliphatic rings. The number of rotatable bonds is 3. The number of hydrogen-bond acceptors (Lipinski definition) is 5. The van der Waals surface area contributed by atoms with Crippen LogP contribution in [0.5, 0.6) is 0 Å². The smallest absolute Gasteiger partial charge is 0.353 e. The Hall–Kier alpha value is -2.38. The number of carbonyl (C=O) groups excluding carboxylic acids is 2. The largest absolute Gasteiger partial charge is 0.379 e. The number of piperazine rings is 1. The predicted molar refractivity (Wildman–Crippen MR) is 83.0 cm³/mol. The quantitative estimate of drug-likeness (QED) is 0.843. The van der Waals surface area contributed by atoms with Crippen LogP contribution in [0.25, 0.3) is 0 Å². The standard InChI is InChI=1S/C15H21FN4O3/c1-4-12-9-11(14(21)23-16)10-13(17-12)19-5-7-20(8-6-19)15(22)18(2)3/h9-10H,4-8H2,1-3H3. The van der Waals surface area contributed by atoms with Crippen molar-refractivity contribution in [3.8, 4) is 0 Å². The highest BCUT2D eigenvalue weighted by molar-refractivity contribution is 5.90. The van der Waals surface area contributed by atoms with Crippen molar-refractivity contribution < 1.29 is 19.1 Å². The van der Waals surface area contributed by atoms with E-state index < -0.39 is 5.97 Å². The summed E-state index contributed by atoms with van der Waals surface area (Å²) in [5, 5.41) is 0. The van der Waals surface area contributed by atoms with Crippen LogP contribution in [0.3, 0.4) is 0 Å². The van der Waals surface area contributed by atoms with Gasteiger partial charge >= 0.3 is 12.0 Å². The summed E-state index contributed by atoms with van der Waals surface area (Å²) in [5.74, 6) is -0.425. The number of nitrogens with zero attached hydrogens (tertiary/aromatic N) is 4. The van der Waals surface area contributed by atoms with Crippen LogP contribution >= 0.6 is 0 Å². The van der Waals surface area contributed by atoms with Gasteiger partial charge < -0.3 is 14.7 Å². The van der Waals surface area contributed by atoms with E-state index >= 15 is 0 Å². The Balaban J connectivity index is 2.14. The second-order valence-electron chi connectivity index (χ2n) is 5.57. The van der Waals surface area contributed by atoms with E-state index in [0.29, 0.717) is 44.1 Å². The molecular formula is C15H21FN4O3. The lowest BCUT2D eigenvalue weighted by atomic mass is 10.2. The van der Waals surface area contributed by atoms with E-state index in [-0.39, 0.29) is 11.6 Å². The van der Waals surface area contributed by atoms with Gasteiger partial charge in [-0.25, -0.2) is 19.5 Å². The molecule has 1 fully saturated rings. The van der Waals surface area contributed by atoms with Crippen molar-refractivity contribution in [2.45, 2.75) is 13.3 Å². The second-order valence-corrected chi connectivity index (χ2v) is 5.57. The number of aromatic nitrogens is 1. The number of hydrogen-bond donors (Lipinski definition) is 0. The van der Waals surface area contributed by atoms with E-state index in [2.05, 4.69) is 9.93 Å². The molecule has 0 bridgehead atoms. The van der Waals surface area contributed by atoms with Gasteiger partial charge in [0.15, 0.2) is 0 Å². The molecule has 0 N–H and O–H groups in total. The Labute approximate surface area is 134 Å². The fraction of sp³-hybridized carbons (Fsp3) is 0.533. The van der Waals surface area contributed by atoms with Gasteiger partial charge in [0.25, 0.3) is 0 Å². The Morgan fingerprint density at radius 3 is 2.43 bits per heavy atom. The highest BCUT2D eigenvalue weighted by Gasteiger charge is 2.24. The van der Waals surface area contributed by atoms with Gasteiger partial charge in [0.2, 0.25) is 0 Å². The molecular weight excluding hydrogens is 303 g/mol. The fourth-order valence-electron chi connectivity index (χ4n) is 2.49. The van der Waals surface area contributed by atoms with Crippen molar-refractivity contribution in [3.05, 3.63) is 23.4 Å². The van der Waals surface area contributed by atoms with Gasteiger partial charge in [-0.2, -0.15) is 0 Å². The number of urea groups is 1. The Morgan fingerprint density at radius 1 is 1.26 bits per heavy atom. The van der Waals surface area contributed by atoms with Crippen LogP contribution in [0.2, 0.25) is 0 Å². The highest BCUT2D eigenvalue weighted by atomic mass is 19.3. The average Bonchev–Trinajstić information content (AvgIpc) is 2.59. The van der Waals surface area contributed by atoms with Gasteiger partial charge in [0.1, 0.15) is 5.82 Å². The number of pyridine rings is 1. The summed E-state index contributed by atoms with van der Waals surface area (Å²) in [6.45, 7) is 4.24. The lowest BCUT2D eigenvalue weighted by molar-refractivity contribution is -0.0788. The monoisotopic (exact) mass is 324 g/mol. The van der Waals surface area contributed by atoms with Gasteiger partial charge in [0, 0.05) is 50.5 Å². The van der Waals surface area contributed by atoms with E-state index in [1.54, 1.807) is 23.9 Å². The summed E-state index contributed by atoms with van der Waals surface area (Å²) < 4.78 is 12.2. The molecule has 1 aromatic rings. The molecule has 7 nitrogen and oxygen atoms in total. The molecule has 0 radical (unpaired) electrons. The molecule has 0 aromatic carbocycles. The fourth-order valence-corrected chi connectivity index (χ4v) is 2.49. The van der Waals surface area contributed by atoms with E-state index in [1.165, 1.54) is 12.1 Å². The molecule has 23 heavy (non-hydrogen) atoms. The number of aryl methyl sites for hydroxylation is 1. The summed E-state index contributed by atoms with van der Waals surface area (Å²) in [4.78, 5) is 36.4. The number of anilines is 1. The first-order chi connectivity index (χ1) is 11.0. The van der Waals surface area contributed by atoms with Crippen LogP contribution in [0.15, 0.2) is 12.1 Å². The Morgan fingerprint density at radius 2 is 1.91 bits per heavy atom. The maximum absolute atomic E-state index is 12.2. The highest BCUT2D eigenvalue weighted by Crippen LogP contribution is 2.19. The molecule has 1 aliphatic heterocycles. The van der Waals surface area contributed by atoms with Gasteiger partial charge in [-0.15, -0.1) is 0 Å². The lowest BCUT2D eigenvalue weighted by Gasteiger charge is -2.36. The molecule has 2 amide bonds. The minimum Gasteiger partial charge on any atom is -0.353 e. The topological polar surface area (TPSA) is 66.0 Å². The summed E-state index contributed by atoms with van der Waals surface area (Å²) >= 11 is 0. The SMILES string of the molecule is CCc1cc(C(=O)OF)cc(N2CCN(C(=O)N(C)C)CC2)n1. The first kappa shape index (κ1) is 17.0. The molecule has 2 heterocycles. The third-order valence-corrected chi connectivity index (χ3v) is 3.79. The zero-order valence-electron chi connectivity index (χ0n) is 13.6. The summed E-state index contributed by atoms with van der Waals surface area (Å²) in [6.07, 6.45) is 0.624. The van der Waals surface area contributed by atoms with Crippen molar-refractivity contribution >= 4 is 17.8 Å². The molecule has 0 spiro atoms. The average molecular weight is 324 g/mol. The van der Waals surface area contributed by atoms with E-state index in [9.17, 15) is 14.1 Å². The van der Waals surface area contributed by atoms with E-state index in [0.717, 1.165) is 0 Å². The second kappa shape index (κ2) is 7.26. The number of amides is 2. The molecule has 0 aliphatic carbocycles. The van der Waals surface area contributed by atoms with Crippen molar-refractivity contribution in [1.29, 1.82) is 0 Å². The van der Waals surface area contributed by atoms with Crippen LogP contribution in [-0.4, -0.2) is 67.1 Å². The minimum absolute atomic E-state index is 0.0263. The number of halogens is 1. The zero-order valence-corrected chi connectivity index (χ0v) is 13.6. The molecule has 1 aromatic heterocycles. The van der Waals surface area contributed by atoms with Gasteiger partial charge in [-0.05, 0) is 18.6 Å². The molecule has 0 unspecified atom stereocenters. The van der Waals surface area contributed by atoms with Crippen LogP contribution in [0.4, 0.5) is 15.1 Å². The van der Waals surface area contributed by atoms with E-state index in [4.69, 9.17) is 0 Å². The Kier molecular flexibility index (Phi) is 5.36. The van der Waals surface area contributed by atoms with Crippen LogP contribution < -0.4 is 4.90 Å². The Bertz CT molecular complexity index is 586. The molecule has 0 saturated carbocycles. The summed E-state index contributed by atoms with van der Waals surface area (Å²) in [7, 11) is 3.44. The van der Waals surface area contributed by atoms with Crippen molar-refractivity contribution in [3.63, 3.8) is 0 Å². The zero-order chi connectivity index (χ0) is 17.0.